The first-order chi connectivity index (χ1) is 10.7. The first kappa shape index (κ1) is 14.2. The van der Waals surface area contributed by atoms with Gasteiger partial charge in [0, 0.05) is 18.0 Å². The Hall–Kier alpha value is -2.73. The van der Waals surface area contributed by atoms with E-state index in [4.69, 9.17) is 0 Å². The Bertz CT molecular complexity index is 772. The van der Waals surface area contributed by atoms with E-state index >= 15 is 0 Å². The van der Waals surface area contributed by atoms with Gasteiger partial charge in [-0.3, -0.25) is 19.4 Å². The highest BCUT2D eigenvalue weighted by molar-refractivity contribution is 8.18. The van der Waals surface area contributed by atoms with Crippen LogP contribution in [0.1, 0.15) is 15.9 Å². The fourth-order valence-electron chi connectivity index (χ4n) is 1.97. The molecule has 1 aromatic heterocycles. The number of carbonyl (C=O) groups excluding carboxylic acids is 3. The largest absolute Gasteiger partial charge is 0.300 e. The average Bonchev–Trinajstić information content (AvgIpc) is 2.82. The summed E-state index contributed by atoms with van der Waals surface area (Å²) in [5, 5.41) is -0.589. The van der Waals surface area contributed by atoms with Gasteiger partial charge in [-0.25, -0.2) is 4.90 Å². The van der Waals surface area contributed by atoms with Crippen LogP contribution in [0.2, 0.25) is 0 Å². The van der Waals surface area contributed by atoms with Gasteiger partial charge in [0.05, 0.1) is 4.91 Å². The van der Waals surface area contributed by atoms with E-state index in [9.17, 15) is 14.4 Å². The molecule has 0 unspecified atom stereocenters. The molecule has 3 amide bonds. The van der Waals surface area contributed by atoms with Crippen LogP contribution in [0, 0.1) is 0 Å². The lowest BCUT2D eigenvalue weighted by Gasteiger charge is -2.09. The molecule has 1 aliphatic rings. The first-order valence-electron chi connectivity index (χ1n) is 6.44. The van der Waals surface area contributed by atoms with E-state index < -0.39 is 17.1 Å². The third-order valence-electron chi connectivity index (χ3n) is 3.02. The summed E-state index contributed by atoms with van der Waals surface area (Å²) >= 11 is 0.762. The summed E-state index contributed by atoms with van der Waals surface area (Å²) in [6, 6.07) is 12.1. The molecule has 6 heteroatoms. The zero-order valence-electron chi connectivity index (χ0n) is 11.3. The third kappa shape index (κ3) is 2.68. The normalized spacial score (nSPS) is 16.4. The predicted molar refractivity (Wildman–Crippen MR) is 82.8 cm³/mol. The second-order valence-corrected chi connectivity index (χ2v) is 5.46. The minimum atomic E-state index is -0.638. The van der Waals surface area contributed by atoms with Crippen LogP contribution in [-0.4, -0.2) is 26.9 Å². The summed E-state index contributed by atoms with van der Waals surface area (Å²) in [5.74, 6) is -1.23. The first-order valence-corrected chi connectivity index (χ1v) is 7.26. The van der Waals surface area contributed by atoms with Crippen LogP contribution in [0.4, 0.5) is 4.79 Å². The second-order valence-electron chi connectivity index (χ2n) is 4.47. The number of nitrogens with zero attached hydrogens (tertiary/aromatic N) is 2. The lowest BCUT2D eigenvalue weighted by Crippen LogP contribution is -2.34. The van der Waals surface area contributed by atoms with E-state index in [0.717, 1.165) is 17.3 Å². The topological polar surface area (TPSA) is 67.3 Å². The van der Waals surface area contributed by atoms with Crippen LogP contribution >= 0.6 is 11.8 Å². The van der Waals surface area contributed by atoms with Gasteiger partial charge >= 0.3 is 5.24 Å². The number of thioether (sulfide) groups is 1. The number of imide groups is 3. The van der Waals surface area contributed by atoms with Crippen LogP contribution in [0.25, 0.3) is 6.08 Å². The average molecular weight is 310 g/mol. The molecular weight excluding hydrogens is 300 g/mol. The standard InChI is InChI=1S/C16H10N2O3S/c19-14(12-6-8-17-9-7-12)18-15(20)13(22-16(18)21)10-11-4-2-1-3-5-11/h1-10H. The van der Waals surface area contributed by atoms with Gasteiger partial charge in [0.15, 0.2) is 0 Å². The number of pyridine rings is 1. The van der Waals surface area contributed by atoms with Crippen molar-refractivity contribution in [2.75, 3.05) is 0 Å². The maximum atomic E-state index is 12.3. The van der Waals surface area contributed by atoms with Crippen LogP contribution in [-0.2, 0) is 4.79 Å². The monoisotopic (exact) mass is 310 g/mol. The molecule has 22 heavy (non-hydrogen) atoms. The SMILES string of the molecule is O=C1SC(=Cc2ccccc2)C(=O)N1C(=O)c1ccncc1. The maximum absolute atomic E-state index is 12.3. The number of carbonyl (C=O) groups is 3. The molecule has 5 nitrogen and oxygen atoms in total. The summed E-state index contributed by atoms with van der Waals surface area (Å²) in [6.07, 6.45) is 4.48. The summed E-state index contributed by atoms with van der Waals surface area (Å²) in [7, 11) is 0. The molecule has 0 bridgehead atoms. The molecule has 2 aromatic rings. The fraction of sp³-hybridized carbons (Fsp3) is 0. The number of hydrogen-bond donors (Lipinski definition) is 0. The molecule has 0 atom stereocenters. The molecule has 108 valence electrons. The number of hydrogen-bond acceptors (Lipinski definition) is 5. The molecule has 2 heterocycles. The van der Waals surface area contributed by atoms with Crippen molar-refractivity contribution in [2.24, 2.45) is 0 Å². The quantitative estimate of drug-likeness (QED) is 0.630. The zero-order chi connectivity index (χ0) is 15.5. The maximum Gasteiger partial charge on any atom is 0.300 e. The van der Waals surface area contributed by atoms with Gasteiger partial charge in [-0.2, -0.15) is 0 Å². The van der Waals surface area contributed by atoms with E-state index in [-0.39, 0.29) is 10.5 Å². The Balaban J connectivity index is 1.89. The highest BCUT2D eigenvalue weighted by atomic mass is 32.2. The van der Waals surface area contributed by atoms with Gasteiger partial charge in [-0.05, 0) is 35.5 Å². The van der Waals surface area contributed by atoms with Gasteiger partial charge in [0.25, 0.3) is 11.8 Å². The summed E-state index contributed by atoms with van der Waals surface area (Å²) in [4.78, 5) is 41.3. The molecule has 1 aliphatic heterocycles. The second kappa shape index (κ2) is 5.95. The summed E-state index contributed by atoms with van der Waals surface area (Å²) in [6.45, 7) is 0. The van der Waals surface area contributed by atoms with Gasteiger partial charge < -0.3 is 0 Å². The minimum Gasteiger partial charge on any atom is -0.268 e. The Morgan fingerprint density at radius 2 is 1.73 bits per heavy atom. The Morgan fingerprint density at radius 3 is 2.41 bits per heavy atom. The molecule has 0 radical (unpaired) electrons. The van der Waals surface area contributed by atoms with Gasteiger partial charge in [0.2, 0.25) is 0 Å². The Morgan fingerprint density at radius 1 is 1.05 bits per heavy atom. The highest BCUT2D eigenvalue weighted by Gasteiger charge is 2.40. The minimum absolute atomic E-state index is 0.235. The lowest BCUT2D eigenvalue weighted by molar-refractivity contribution is -0.120. The zero-order valence-corrected chi connectivity index (χ0v) is 12.1. The van der Waals surface area contributed by atoms with Crippen LogP contribution in [0.15, 0.2) is 59.8 Å². The lowest BCUT2D eigenvalue weighted by atomic mass is 10.2. The number of benzene rings is 1. The van der Waals surface area contributed by atoms with Gasteiger partial charge in [-0.15, -0.1) is 0 Å². The molecule has 0 spiro atoms. The van der Waals surface area contributed by atoms with Crippen molar-refractivity contribution in [3.63, 3.8) is 0 Å². The van der Waals surface area contributed by atoms with Crippen molar-refractivity contribution in [3.8, 4) is 0 Å². The molecule has 0 N–H and O–H groups in total. The van der Waals surface area contributed by atoms with Crippen molar-refractivity contribution in [1.29, 1.82) is 0 Å². The molecular formula is C16H10N2O3S. The molecule has 1 aromatic carbocycles. The van der Waals surface area contributed by atoms with Crippen molar-refractivity contribution in [2.45, 2.75) is 0 Å². The summed E-state index contributed by atoms with van der Waals surface area (Å²) < 4.78 is 0. The van der Waals surface area contributed by atoms with Crippen LogP contribution in [0.3, 0.4) is 0 Å². The third-order valence-corrected chi connectivity index (χ3v) is 3.89. The number of aromatic nitrogens is 1. The van der Waals surface area contributed by atoms with E-state index in [0.29, 0.717) is 4.90 Å². The molecule has 1 saturated heterocycles. The van der Waals surface area contributed by atoms with Gasteiger partial charge in [0.1, 0.15) is 0 Å². The van der Waals surface area contributed by atoms with Gasteiger partial charge in [-0.1, -0.05) is 30.3 Å². The summed E-state index contributed by atoms with van der Waals surface area (Å²) in [5.41, 5.74) is 1.04. The number of rotatable bonds is 2. The molecule has 0 aliphatic carbocycles. The van der Waals surface area contributed by atoms with Crippen LogP contribution in [0.5, 0.6) is 0 Å². The van der Waals surface area contributed by atoms with E-state index in [2.05, 4.69) is 4.98 Å². The van der Waals surface area contributed by atoms with Crippen molar-refractivity contribution >= 4 is 34.9 Å². The van der Waals surface area contributed by atoms with Crippen molar-refractivity contribution in [1.82, 2.24) is 9.88 Å². The number of amides is 3. The Kier molecular flexibility index (Phi) is 3.84. The van der Waals surface area contributed by atoms with Crippen LogP contribution < -0.4 is 0 Å². The smallest absolute Gasteiger partial charge is 0.268 e. The fourth-order valence-corrected chi connectivity index (χ4v) is 2.79. The predicted octanol–water partition coefficient (Wildman–Crippen LogP) is 2.96. The molecule has 1 fully saturated rings. The molecule has 3 rings (SSSR count). The van der Waals surface area contributed by atoms with Crippen molar-refractivity contribution < 1.29 is 14.4 Å². The Labute approximate surface area is 130 Å². The van der Waals surface area contributed by atoms with E-state index in [1.165, 1.54) is 24.5 Å². The van der Waals surface area contributed by atoms with E-state index in [1.54, 1.807) is 6.08 Å². The highest BCUT2D eigenvalue weighted by Crippen LogP contribution is 2.33. The molecule has 0 saturated carbocycles. The van der Waals surface area contributed by atoms with Crippen molar-refractivity contribution in [3.05, 3.63) is 70.9 Å². The van der Waals surface area contributed by atoms with E-state index in [1.807, 2.05) is 30.3 Å².